The van der Waals surface area contributed by atoms with Gasteiger partial charge in [-0.25, -0.2) is 4.68 Å². The van der Waals surface area contributed by atoms with Gasteiger partial charge in [0.25, 0.3) is 0 Å². The second-order valence-corrected chi connectivity index (χ2v) is 4.54. The summed E-state index contributed by atoms with van der Waals surface area (Å²) in [6.07, 6.45) is 4.58. The summed E-state index contributed by atoms with van der Waals surface area (Å²) in [5.41, 5.74) is 1.56. The van der Waals surface area contributed by atoms with E-state index < -0.39 is 0 Å². The van der Waals surface area contributed by atoms with Gasteiger partial charge in [-0.05, 0) is 52.9 Å². The molecule has 0 saturated carbocycles. The minimum absolute atomic E-state index is 0.232. The molecule has 0 spiro atoms. The van der Waals surface area contributed by atoms with E-state index in [2.05, 4.69) is 20.8 Å². The van der Waals surface area contributed by atoms with Crippen molar-refractivity contribution in [2.24, 2.45) is 7.05 Å². The van der Waals surface area contributed by atoms with Crippen molar-refractivity contribution >= 4 is 17.7 Å². The van der Waals surface area contributed by atoms with E-state index in [1.807, 2.05) is 12.1 Å². The third-order valence-corrected chi connectivity index (χ3v) is 2.97. The van der Waals surface area contributed by atoms with Crippen molar-refractivity contribution in [3.8, 4) is 11.4 Å². The van der Waals surface area contributed by atoms with Crippen LogP contribution in [-0.2, 0) is 11.8 Å². The van der Waals surface area contributed by atoms with E-state index in [-0.39, 0.29) is 5.91 Å². The van der Waals surface area contributed by atoms with Crippen molar-refractivity contribution in [3.05, 3.63) is 54.5 Å². The lowest BCUT2D eigenvalue weighted by atomic mass is 10.2. The Morgan fingerprint density at radius 2 is 2.09 bits per heavy atom. The zero-order valence-corrected chi connectivity index (χ0v) is 11.8. The Morgan fingerprint density at radius 1 is 1.27 bits per heavy atom. The summed E-state index contributed by atoms with van der Waals surface area (Å²) in [4.78, 5) is 11.8. The Kier molecular flexibility index (Phi) is 3.78. The number of nitrogens with one attached hydrogen (secondary N) is 1. The fourth-order valence-corrected chi connectivity index (χ4v) is 1.90. The van der Waals surface area contributed by atoms with Crippen LogP contribution < -0.4 is 5.32 Å². The number of hydrogen-bond acceptors (Lipinski definition) is 5. The molecule has 0 radical (unpaired) electrons. The number of anilines is 1. The maximum absolute atomic E-state index is 11.8. The third kappa shape index (κ3) is 3.09. The first-order chi connectivity index (χ1) is 10.7. The number of carbonyl (C=O) groups excluding carboxylic acids is 1. The van der Waals surface area contributed by atoms with Gasteiger partial charge in [0.2, 0.25) is 5.91 Å². The van der Waals surface area contributed by atoms with E-state index in [0.717, 1.165) is 5.56 Å². The molecule has 7 nitrogen and oxygen atoms in total. The lowest BCUT2D eigenvalue weighted by Gasteiger charge is -2.03. The first kappa shape index (κ1) is 13.7. The minimum Gasteiger partial charge on any atom is -0.465 e. The lowest BCUT2D eigenvalue weighted by Crippen LogP contribution is -2.07. The van der Waals surface area contributed by atoms with Crippen molar-refractivity contribution < 1.29 is 9.21 Å². The zero-order chi connectivity index (χ0) is 15.4. The van der Waals surface area contributed by atoms with Crippen LogP contribution in [-0.4, -0.2) is 26.1 Å². The van der Waals surface area contributed by atoms with Crippen LogP contribution in [0.2, 0.25) is 0 Å². The molecular formula is C15H13N5O2. The normalized spacial score (nSPS) is 11.0. The summed E-state index contributed by atoms with van der Waals surface area (Å²) < 4.78 is 6.70. The predicted molar refractivity (Wildman–Crippen MR) is 80.6 cm³/mol. The minimum atomic E-state index is -0.232. The predicted octanol–water partition coefficient (Wildman–Crippen LogP) is 2.12. The van der Waals surface area contributed by atoms with E-state index in [9.17, 15) is 4.79 Å². The highest BCUT2D eigenvalue weighted by atomic mass is 16.3. The van der Waals surface area contributed by atoms with Crippen LogP contribution in [0.3, 0.4) is 0 Å². The Balaban J connectivity index is 1.66. The van der Waals surface area contributed by atoms with Crippen LogP contribution in [0.15, 0.2) is 53.2 Å². The number of hydrogen-bond donors (Lipinski definition) is 1. The molecule has 22 heavy (non-hydrogen) atoms. The summed E-state index contributed by atoms with van der Waals surface area (Å²) in [6, 6.07) is 10.8. The second-order valence-electron chi connectivity index (χ2n) is 4.54. The smallest absolute Gasteiger partial charge is 0.248 e. The number of furan rings is 1. The van der Waals surface area contributed by atoms with Crippen LogP contribution in [0.1, 0.15) is 5.76 Å². The molecule has 3 aromatic rings. The van der Waals surface area contributed by atoms with Crippen molar-refractivity contribution in [3.63, 3.8) is 0 Å². The van der Waals surface area contributed by atoms with Gasteiger partial charge in [0.05, 0.1) is 6.26 Å². The highest BCUT2D eigenvalue weighted by Crippen LogP contribution is 2.18. The molecule has 1 N–H and O–H groups in total. The topological polar surface area (TPSA) is 85.8 Å². The number of rotatable bonds is 4. The Hall–Kier alpha value is -3.22. The number of benzene rings is 1. The highest BCUT2D eigenvalue weighted by molar-refractivity contribution is 6.01. The molecule has 2 heterocycles. The molecule has 0 unspecified atom stereocenters. The highest BCUT2D eigenvalue weighted by Gasteiger charge is 2.05. The molecule has 3 rings (SSSR count). The molecule has 2 aromatic heterocycles. The molecule has 0 aliphatic carbocycles. The van der Waals surface area contributed by atoms with Crippen molar-refractivity contribution in [2.45, 2.75) is 0 Å². The number of amides is 1. The van der Waals surface area contributed by atoms with Gasteiger partial charge in [0.15, 0.2) is 5.82 Å². The Labute approximate surface area is 126 Å². The van der Waals surface area contributed by atoms with E-state index in [0.29, 0.717) is 17.3 Å². The Morgan fingerprint density at radius 3 is 2.73 bits per heavy atom. The van der Waals surface area contributed by atoms with Crippen LogP contribution in [0.5, 0.6) is 0 Å². The van der Waals surface area contributed by atoms with Crippen LogP contribution >= 0.6 is 0 Å². The lowest BCUT2D eigenvalue weighted by molar-refractivity contribution is -0.111. The van der Waals surface area contributed by atoms with Gasteiger partial charge in [0, 0.05) is 24.4 Å². The number of aryl methyl sites for hydroxylation is 1. The van der Waals surface area contributed by atoms with Crippen LogP contribution in [0.4, 0.5) is 5.69 Å². The SMILES string of the molecule is Cn1nnnc1-c1ccc(NC(=O)/C=C/c2ccco2)cc1. The van der Waals surface area contributed by atoms with Gasteiger partial charge >= 0.3 is 0 Å². The summed E-state index contributed by atoms with van der Waals surface area (Å²) in [7, 11) is 1.77. The Bertz CT molecular complexity index is 788. The second kappa shape index (κ2) is 6.04. The molecule has 1 amide bonds. The van der Waals surface area contributed by atoms with E-state index in [1.165, 1.54) is 6.08 Å². The molecule has 0 atom stereocenters. The molecule has 7 heteroatoms. The molecule has 1 aromatic carbocycles. The molecule has 0 bridgehead atoms. The van der Waals surface area contributed by atoms with Crippen molar-refractivity contribution in [1.29, 1.82) is 0 Å². The largest absolute Gasteiger partial charge is 0.465 e. The molecule has 0 aliphatic rings. The standard InChI is InChI=1S/C15H13N5O2/c1-20-15(17-18-19-20)11-4-6-12(7-5-11)16-14(21)9-8-13-3-2-10-22-13/h2-10H,1H3,(H,16,21)/b9-8+. The van der Waals surface area contributed by atoms with Crippen molar-refractivity contribution in [1.82, 2.24) is 20.2 Å². The van der Waals surface area contributed by atoms with Gasteiger partial charge in [-0.1, -0.05) is 0 Å². The third-order valence-electron chi connectivity index (χ3n) is 2.97. The molecule has 0 saturated heterocycles. The molecule has 0 fully saturated rings. The fraction of sp³-hybridized carbons (Fsp3) is 0.0667. The average Bonchev–Trinajstić information content (AvgIpc) is 3.17. The van der Waals surface area contributed by atoms with Gasteiger partial charge in [0.1, 0.15) is 5.76 Å². The maximum Gasteiger partial charge on any atom is 0.248 e. The molecule has 110 valence electrons. The number of aromatic nitrogens is 4. The van der Waals surface area contributed by atoms with Crippen LogP contribution in [0, 0.1) is 0 Å². The fourth-order valence-electron chi connectivity index (χ4n) is 1.90. The zero-order valence-electron chi connectivity index (χ0n) is 11.8. The first-order valence-electron chi connectivity index (χ1n) is 6.58. The van der Waals surface area contributed by atoms with Gasteiger partial charge in [-0.15, -0.1) is 5.10 Å². The molecule has 0 aliphatic heterocycles. The molecular weight excluding hydrogens is 282 g/mol. The monoisotopic (exact) mass is 295 g/mol. The number of nitrogens with zero attached hydrogens (tertiary/aromatic N) is 4. The van der Waals surface area contributed by atoms with E-state index in [4.69, 9.17) is 4.42 Å². The van der Waals surface area contributed by atoms with Gasteiger partial charge in [-0.2, -0.15) is 0 Å². The first-order valence-corrected chi connectivity index (χ1v) is 6.58. The summed E-state index contributed by atoms with van der Waals surface area (Å²) in [5.74, 6) is 1.06. The number of tetrazole rings is 1. The van der Waals surface area contributed by atoms with Crippen LogP contribution in [0.25, 0.3) is 17.5 Å². The van der Waals surface area contributed by atoms with Gasteiger partial charge < -0.3 is 9.73 Å². The van der Waals surface area contributed by atoms with Crippen molar-refractivity contribution in [2.75, 3.05) is 5.32 Å². The summed E-state index contributed by atoms with van der Waals surface area (Å²) in [6.45, 7) is 0. The quantitative estimate of drug-likeness (QED) is 0.745. The van der Waals surface area contributed by atoms with Gasteiger partial charge in [-0.3, -0.25) is 4.79 Å². The summed E-state index contributed by atoms with van der Waals surface area (Å²) >= 11 is 0. The van der Waals surface area contributed by atoms with E-state index in [1.54, 1.807) is 48.3 Å². The maximum atomic E-state index is 11.8. The average molecular weight is 295 g/mol. The van der Waals surface area contributed by atoms with E-state index >= 15 is 0 Å². The summed E-state index contributed by atoms with van der Waals surface area (Å²) in [5, 5.41) is 14.1. The number of carbonyl (C=O) groups is 1.